The highest BCUT2D eigenvalue weighted by Crippen LogP contribution is 2.08. The number of carbonyl (C=O) groups is 1. The summed E-state index contributed by atoms with van der Waals surface area (Å²) in [5, 5.41) is 8.60. The number of unbranched alkanes of at least 4 members (excludes halogenated alkanes) is 1. The average molecular weight is 378 g/mol. The summed E-state index contributed by atoms with van der Waals surface area (Å²) in [5.74, 6) is 0.738. The van der Waals surface area contributed by atoms with Gasteiger partial charge in [0, 0.05) is 31.2 Å². The average Bonchev–Trinajstić information content (AvgIpc) is 3.00. The highest BCUT2D eigenvalue weighted by molar-refractivity contribution is 7.09. The number of thiazole rings is 1. The fourth-order valence-corrected chi connectivity index (χ4v) is 2.39. The van der Waals surface area contributed by atoms with Crippen molar-refractivity contribution in [1.82, 2.24) is 15.3 Å². The van der Waals surface area contributed by atoms with Crippen molar-refractivity contribution in [3.8, 4) is 0 Å². The van der Waals surface area contributed by atoms with Gasteiger partial charge >= 0.3 is 0 Å². The molecule has 2 heterocycles. The van der Waals surface area contributed by atoms with Crippen molar-refractivity contribution in [2.24, 2.45) is 5.73 Å². The number of nitrogens with zero attached hydrogens (tertiary/aromatic N) is 2. The molecule has 0 unspecified atom stereocenters. The lowest BCUT2D eigenvalue weighted by atomic mass is 10.3. The predicted molar refractivity (Wildman–Crippen MR) is 98.8 cm³/mol. The molecule has 6 nitrogen and oxygen atoms in total. The number of anilines is 1. The van der Waals surface area contributed by atoms with E-state index in [0.717, 1.165) is 30.2 Å². The van der Waals surface area contributed by atoms with Gasteiger partial charge in [-0.2, -0.15) is 0 Å². The third-order valence-corrected chi connectivity index (χ3v) is 3.69. The van der Waals surface area contributed by atoms with Gasteiger partial charge in [0.1, 0.15) is 16.5 Å². The molecule has 2 aromatic heterocycles. The van der Waals surface area contributed by atoms with Crippen LogP contribution in [0.2, 0.25) is 0 Å². The molecule has 0 aliphatic rings. The summed E-state index contributed by atoms with van der Waals surface area (Å²) in [6, 6.07) is 5.76. The molecule has 2 rings (SSSR count). The number of nitrogens with two attached hydrogens (primary N) is 1. The summed E-state index contributed by atoms with van der Waals surface area (Å²) in [5.41, 5.74) is 5.92. The van der Waals surface area contributed by atoms with Gasteiger partial charge < -0.3 is 16.4 Å². The molecule has 4 N–H and O–H groups in total. The Kier molecular flexibility index (Phi) is 11.3. The minimum absolute atomic E-state index is 0. The number of aromatic nitrogens is 2. The Hall–Kier alpha value is -1.41. The lowest BCUT2D eigenvalue weighted by Crippen LogP contribution is -2.25. The quantitative estimate of drug-likeness (QED) is 0.614. The van der Waals surface area contributed by atoms with E-state index in [-0.39, 0.29) is 30.7 Å². The molecule has 0 saturated carbocycles. The molecule has 0 atom stereocenters. The number of rotatable bonds is 8. The van der Waals surface area contributed by atoms with Crippen LogP contribution in [0.5, 0.6) is 0 Å². The van der Waals surface area contributed by atoms with Crippen molar-refractivity contribution in [2.75, 3.05) is 18.4 Å². The normalized spacial score (nSPS) is 9.43. The summed E-state index contributed by atoms with van der Waals surface area (Å²) in [6.45, 7) is 1.84. The van der Waals surface area contributed by atoms with Crippen molar-refractivity contribution in [3.05, 3.63) is 40.5 Å². The van der Waals surface area contributed by atoms with Crippen LogP contribution in [0.4, 0.5) is 5.82 Å². The number of carbonyl (C=O) groups excluding carboxylic acids is 1. The Morgan fingerprint density at radius 2 is 2.00 bits per heavy atom. The van der Waals surface area contributed by atoms with Crippen LogP contribution in [0.25, 0.3) is 0 Å². The van der Waals surface area contributed by atoms with E-state index in [9.17, 15) is 4.79 Å². The number of pyridine rings is 1. The van der Waals surface area contributed by atoms with Gasteiger partial charge in [0.05, 0.1) is 0 Å². The molecule has 2 aromatic rings. The van der Waals surface area contributed by atoms with Gasteiger partial charge in [0.25, 0.3) is 5.91 Å². The van der Waals surface area contributed by atoms with Crippen LogP contribution in [0.1, 0.15) is 28.3 Å². The second kappa shape index (κ2) is 12.1. The van der Waals surface area contributed by atoms with Crippen molar-refractivity contribution in [1.29, 1.82) is 0 Å². The fraction of sp³-hybridized carbons (Fsp3) is 0.357. The van der Waals surface area contributed by atoms with E-state index in [2.05, 4.69) is 20.6 Å². The van der Waals surface area contributed by atoms with Crippen LogP contribution < -0.4 is 16.4 Å². The maximum absolute atomic E-state index is 11.8. The molecule has 0 bridgehead atoms. The predicted octanol–water partition coefficient (Wildman–Crippen LogP) is 2.46. The maximum atomic E-state index is 11.8. The van der Waals surface area contributed by atoms with Gasteiger partial charge in [-0.25, -0.2) is 9.97 Å². The molecule has 0 saturated heterocycles. The van der Waals surface area contributed by atoms with E-state index in [1.165, 1.54) is 11.3 Å². The molecular weight excluding hydrogens is 357 g/mol. The summed E-state index contributed by atoms with van der Waals surface area (Å²) in [4.78, 5) is 20.1. The van der Waals surface area contributed by atoms with Gasteiger partial charge in [0.2, 0.25) is 0 Å². The standard InChI is InChI=1S/C14H19N5OS.2ClH/c15-9-13-19-11(10-21-13)14(20)18-8-4-3-7-17-12-5-1-2-6-16-12;;/h1-2,5-6,10H,3-4,7-9,15H2,(H,16,17)(H,18,20);2*1H. The lowest BCUT2D eigenvalue weighted by molar-refractivity contribution is 0.0948. The Morgan fingerprint density at radius 1 is 1.22 bits per heavy atom. The Labute approximate surface area is 152 Å². The molecular formula is C14H21Cl2N5OS. The van der Waals surface area contributed by atoms with Gasteiger partial charge in [-0.1, -0.05) is 6.07 Å². The molecule has 0 spiro atoms. The molecule has 1 amide bonds. The highest BCUT2D eigenvalue weighted by atomic mass is 35.5. The molecule has 9 heteroatoms. The van der Waals surface area contributed by atoms with E-state index >= 15 is 0 Å². The van der Waals surface area contributed by atoms with E-state index in [0.29, 0.717) is 18.8 Å². The zero-order valence-electron chi connectivity index (χ0n) is 12.5. The zero-order chi connectivity index (χ0) is 14.9. The molecule has 0 aromatic carbocycles. The largest absolute Gasteiger partial charge is 0.370 e. The van der Waals surface area contributed by atoms with E-state index in [1.807, 2.05) is 18.2 Å². The summed E-state index contributed by atoms with van der Waals surface area (Å²) >= 11 is 1.41. The van der Waals surface area contributed by atoms with Crippen molar-refractivity contribution in [3.63, 3.8) is 0 Å². The van der Waals surface area contributed by atoms with Crippen LogP contribution in [0.3, 0.4) is 0 Å². The molecule has 0 radical (unpaired) electrons. The number of hydrogen-bond donors (Lipinski definition) is 3. The topological polar surface area (TPSA) is 92.9 Å². The minimum atomic E-state index is -0.136. The van der Waals surface area contributed by atoms with Crippen molar-refractivity contribution in [2.45, 2.75) is 19.4 Å². The maximum Gasteiger partial charge on any atom is 0.270 e. The first-order valence-corrected chi connectivity index (χ1v) is 7.75. The fourth-order valence-electron chi connectivity index (χ4n) is 1.74. The second-order valence-corrected chi connectivity index (χ2v) is 5.38. The SMILES string of the molecule is Cl.Cl.NCc1nc(C(=O)NCCCCNc2ccccn2)cs1. The first-order valence-electron chi connectivity index (χ1n) is 6.87. The van der Waals surface area contributed by atoms with Crippen molar-refractivity contribution < 1.29 is 4.79 Å². The summed E-state index contributed by atoms with van der Waals surface area (Å²) < 4.78 is 0. The summed E-state index contributed by atoms with van der Waals surface area (Å²) in [6.07, 6.45) is 3.62. The lowest BCUT2D eigenvalue weighted by Gasteiger charge is -2.05. The minimum Gasteiger partial charge on any atom is -0.370 e. The Bertz CT molecular complexity index is 567. The Morgan fingerprint density at radius 3 is 2.65 bits per heavy atom. The van der Waals surface area contributed by atoms with Gasteiger partial charge in [-0.05, 0) is 25.0 Å². The number of amides is 1. The van der Waals surface area contributed by atoms with Crippen LogP contribution in [-0.2, 0) is 6.54 Å². The second-order valence-electron chi connectivity index (χ2n) is 4.44. The third-order valence-electron chi connectivity index (χ3n) is 2.82. The third kappa shape index (κ3) is 7.60. The van der Waals surface area contributed by atoms with Gasteiger partial charge in [-0.3, -0.25) is 4.79 Å². The molecule has 0 aliphatic heterocycles. The van der Waals surface area contributed by atoms with E-state index in [4.69, 9.17) is 5.73 Å². The van der Waals surface area contributed by atoms with Crippen molar-refractivity contribution >= 4 is 47.9 Å². The smallest absolute Gasteiger partial charge is 0.270 e. The molecule has 0 fully saturated rings. The number of halogens is 2. The van der Waals surface area contributed by atoms with E-state index < -0.39 is 0 Å². The van der Waals surface area contributed by atoms with Crippen LogP contribution in [0.15, 0.2) is 29.8 Å². The van der Waals surface area contributed by atoms with Crippen LogP contribution in [-0.4, -0.2) is 29.0 Å². The molecule has 23 heavy (non-hydrogen) atoms. The number of hydrogen-bond acceptors (Lipinski definition) is 6. The Balaban J connectivity index is 0.00000242. The van der Waals surface area contributed by atoms with Gasteiger partial charge in [-0.15, -0.1) is 36.2 Å². The first-order chi connectivity index (χ1) is 10.3. The monoisotopic (exact) mass is 377 g/mol. The first kappa shape index (κ1) is 21.6. The highest BCUT2D eigenvalue weighted by Gasteiger charge is 2.08. The number of nitrogens with one attached hydrogen (secondary N) is 2. The van der Waals surface area contributed by atoms with Gasteiger partial charge in [0.15, 0.2) is 0 Å². The van der Waals surface area contributed by atoms with Crippen LogP contribution >= 0.6 is 36.2 Å². The molecule has 0 aliphatic carbocycles. The zero-order valence-corrected chi connectivity index (χ0v) is 15.0. The summed E-state index contributed by atoms with van der Waals surface area (Å²) in [7, 11) is 0. The molecule has 128 valence electrons. The van der Waals surface area contributed by atoms with E-state index in [1.54, 1.807) is 11.6 Å². The van der Waals surface area contributed by atoms with Crippen LogP contribution in [0, 0.1) is 0 Å².